The van der Waals surface area contributed by atoms with E-state index in [2.05, 4.69) is 16.6 Å². The van der Waals surface area contributed by atoms with E-state index in [1.165, 1.54) is 18.2 Å². The molecule has 4 nitrogen and oxygen atoms in total. The molecule has 0 aliphatic carbocycles. The molecule has 0 saturated carbocycles. The Morgan fingerprint density at radius 1 is 1.08 bits per heavy atom. The van der Waals surface area contributed by atoms with E-state index < -0.39 is 21.7 Å². The second kappa shape index (κ2) is 8.11. The van der Waals surface area contributed by atoms with Gasteiger partial charge in [0.2, 0.25) is 10.0 Å². The molecule has 0 radical (unpaired) electrons. The molecule has 0 saturated heterocycles. The molecule has 0 atom stereocenters. The van der Waals surface area contributed by atoms with E-state index in [-0.39, 0.29) is 28.8 Å². The van der Waals surface area contributed by atoms with Crippen molar-refractivity contribution in [3.8, 4) is 17.6 Å². The quantitative estimate of drug-likeness (QED) is 0.822. The van der Waals surface area contributed by atoms with Crippen LogP contribution in [0.1, 0.15) is 0 Å². The number of rotatable bonds is 5. The van der Waals surface area contributed by atoms with Crippen molar-refractivity contribution in [1.82, 2.24) is 4.72 Å². The molecule has 0 aromatic heterocycles. The first-order valence-corrected chi connectivity index (χ1v) is 8.54. The lowest BCUT2D eigenvalue weighted by atomic mass is 10.3. The first kappa shape index (κ1) is 18.2. The number of hydrogen-bond acceptors (Lipinski definition) is 3. The lowest BCUT2D eigenvalue weighted by Crippen LogP contribution is -2.24. The van der Waals surface area contributed by atoms with Gasteiger partial charge in [-0.2, -0.15) is 4.72 Å². The summed E-state index contributed by atoms with van der Waals surface area (Å²) < 4.78 is 57.5. The van der Waals surface area contributed by atoms with Crippen LogP contribution < -0.4 is 9.46 Å². The monoisotopic (exact) mass is 371 g/mol. The van der Waals surface area contributed by atoms with Gasteiger partial charge in [-0.25, -0.2) is 17.2 Å². The number of benzene rings is 2. The lowest BCUT2D eigenvalue weighted by Gasteiger charge is -2.04. The molecule has 0 fully saturated rings. The molecule has 0 heterocycles. The Labute approximate surface area is 143 Å². The van der Waals surface area contributed by atoms with Crippen molar-refractivity contribution in [3.05, 3.63) is 59.1 Å². The number of para-hydroxylation sites is 1. The fourth-order valence-electron chi connectivity index (χ4n) is 1.65. The first-order chi connectivity index (χ1) is 11.4. The number of sulfonamides is 1. The van der Waals surface area contributed by atoms with Gasteiger partial charge >= 0.3 is 0 Å². The predicted octanol–water partition coefficient (Wildman–Crippen LogP) is 2.98. The zero-order valence-electron chi connectivity index (χ0n) is 12.2. The van der Waals surface area contributed by atoms with Gasteiger partial charge in [-0.3, -0.25) is 0 Å². The number of halogens is 3. The Morgan fingerprint density at radius 2 is 1.83 bits per heavy atom. The molecule has 24 heavy (non-hydrogen) atoms. The minimum absolute atomic E-state index is 0.0633. The van der Waals surface area contributed by atoms with Gasteiger partial charge in [0, 0.05) is 0 Å². The van der Waals surface area contributed by atoms with Gasteiger partial charge in [-0.1, -0.05) is 35.6 Å². The molecule has 0 amide bonds. The van der Waals surface area contributed by atoms with Crippen molar-refractivity contribution < 1.29 is 21.9 Å². The van der Waals surface area contributed by atoms with E-state index in [4.69, 9.17) is 16.3 Å². The fraction of sp³-hybridized carbons (Fsp3) is 0.125. The molecule has 0 aliphatic rings. The number of nitrogens with one attached hydrogen (secondary N) is 1. The van der Waals surface area contributed by atoms with E-state index >= 15 is 0 Å². The third-order valence-corrected chi connectivity index (χ3v) is 4.50. The highest BCUT2D eigenvalue weighted by Crippen LogP contribution is 2.19. The average Bonchev–Trinajstić information content (AvgIpc) is 2.54. The van der Waals surface area contributed by atoms with Crippen LogP contribution >= 0.6 is 11.6 Å². The van der Waals surface area contributed by atoms with Crippen LogP contribution in [0, 0.1) is 23.5 Å². The summed E-state index contributed by atoms with van der Waals surface area (Å²) >= 11 is 5.55. The zero-order chi connectivity index (χ0) is 17.6. The molecular formula is C16H12ClF2NO3S. The van der Waals surface area contributed by atoms with Crippen LogP contribution in [0.5, 0.6) is 5.75 Å². The molecule has 0 bridgehead atoms. The molecule has 2 aromatic rings. The van der Waals surface area contributed by atoms with Crippen LogP contribution in [0.4, 0.5) is 8.78 Å². The molecule has 0 unspecified atom stereocenters. The highest BCUT2D eigenvalue weighted by Gasteiger charge is 2.14. The Kier molecular flexibility index (Phi) is 6.15. The van der Waals surface area contributed by atoms with Gasteiger partial charge in [-0.05, 0) is 30.3 Å². The number of hydrogen-bond donors (Lipinski definition) is 1. The van der Waals surface area contributed by atoms with Crippen molar-refractivity contribution in [2.75, 3.05) is 13.2 Å². The van der Waals surface area contributed by atoms with Crippen LogP contribution in [-0.2, 0) is 10.0 Å². The maximum Gasteiger partial charge on any atom is 0.241 e. The smallest absolute Gasteiger partial charge is 0.241 e. The van der Waals surface area contributed by atoms with Crippen molar-refractivity contribution in [3.63, 3.8) is 0 Å². The van der Waals surface area contributed by atoms with Crippen molar-refractivity contribution in [1.29, 1.82) is 0 Å². The standard InChI is InChI=1S/C16H12ClF2NO3S/c17-13-11-12(7-8-14(13)18)24(21,22)20-9-3-4-10-23-16-6-2-1-5-15(16)19/h1-2,5-8,11,20H,9-10H2. The summed E-state index contributed by atoms with van der Waals surface area (Å²) in [7, 11) is -3.85. The second-order valence-electron chi connectivity index (χ2n) is 4.47. The van der Waals surface area contributed by atoms with Crippen LogP contribution in [0.25, 0.3) is 0 Å². The second-order valence-corrected chi connectivity index (χ2v) is 6.65. The maximum atomic E-state index is 13.3. The molecule has 8 heteroatoms. The molecule has 0 aliphatic heterocycles. The summed E-state index contributed by atoms with van der Waals surface area (Å²) in [6.07, 6.45) is 0. The van der Waals surface area contributed by atoms with Crippen molar-refractivity contribution in [2.45, 2.75) is 4.90 Å². The third-order valence-electron chi connectivity index (χ3n) is 2.81. The fourth-order valence-corrected chi connectivity index (χ4v) is 2.84. The van der Waals surface area contributed by atoms with E-state index in [0.717, 1.165) is 18.2 Å². The van der Waals surface area contributed by atoms with Crippen molar-refractivity contribution >= 4 is 21.6 Å². The SMILES string of the molecule is O=S(=O)(NCC#CCOc1ccccc1F)c1ccc(F)c(Cl)c1. The molecule has 2 rings (SSSR count). The van der Waals surface area contributed by atoms with E-state index in [9.17, 15) is 17.2 Å². The predicted molar refractivity (Wildman–Crippen MR) is 86.3 cm³/mol. The minimum atomic E-state index is -3.85. The summed E-state index contributed by atoms with van der Waals surface area (Å²) in [4.78, 5) is -0.168. The summed E-state index contributed by atoms with van der Waals surface area (Å²) in [5.41, 5.74) is 0. The molecule has 2 aromatic carbocycles. The van der Waals surface area contributed by atoms with E-state index in [1.807, 2.05) is 0 Å². The summed E-state index contributed by atoms with van der Waals surface area (Å²) in [6.45, 7) is -0.275. The number of ether oxygens (including phenoxy) is 1. The average molecular weight is 372 g/mol. The van der Waals surface area contributed by atoms with Gasteiger partial charge in [0.25, 0.3) is 0 Å². The molecule has 126 valence electrons. The summed E-state index contributed by atoms with van der Waals surface area (Å²) in [5.74, 6) is 3.94. The third kappa shape index (κ3) is 4.93. The molecular weight excluding hydrogens is 360 g/mol. The Balaban J connectivity index is 1.87. The van der Waals surface area contributed by atoms with Gasteiger partial charge in [-0.15, -0.1) is 0 Å². The Hall–Kier alpha value is -2.14. The Morgan fingerprint density at radius 3 is 2.54 bits per heavy atom. The van der Waals surface area contributed by atoms with Crippen LogP contribution in [0.3, 0.4) is 0 Å². The summed E-state index contributed by atoms with van der Waals surface area (Å²) in [6, 6.07) is 8.93. The molecule has 1 N–H and O–H groups in total. The lowest BCUT2D eigenvalue weighted by molar-refractivity contribution is 0.348. The van der Waals surface area contributed by atoms with Crippen molar-refractivity contribution in [2.24, 2.45) is 0 Å². The topological polar surface area (TPSA) is 55.4 Å². The van der Waals surface area contributed by atoms with E-state index in [1.54, 1.807) is 6.07 Å². The summed E-state index contributed by atoms with van der Waals surface area (Å²) in [5, 5.41) is -0.290. The zero-order valence-corrected chi connectivity index (χ0v) is 13.8. The highest BCUT2D eigenvalue weighted by molar-refractivity contribution is 7.89. The van der Waals surface area contributed by atoms with Crippen LogP contribution in [0.2, 0.25) is 5.02 Å². The van der Waals surface area contributed by atoms with E-state index in [0.29, 0.717) is 0 Å². The largest absolute Gasteiger partial charge is 0.478 e. The van der Waals surface area contributed by atoms with Gasteiger partial charge < -0.3 is 4.74 Å². The van der Waals surface area contributed by atoms with Crippen LogP contribution in [-0.4, -0.2) is 21.6 Å². The molecule has 0 spiro atoms. The maximum absolute atomic E-state index is 13.3. The Bertz CT molecular complexity index is 892. The van der Waals surface area contributed by atoms with Gasteiger partial charge in [0.05, 0.1) is 16.5 Å². The first-order valence-electron chi connectivity index (χ1n) is 6.68. The van der Waals surface area contributed by atoms with Gasteiger partial charge in [0.15, 0.2) is 11.6 Å². The highest BCUT2D eigenvalue weighted by atomic mass is 35.5. The normalized spacial score (nSPS) is 10.8. The van der Waals surface area contributed by atoms with Gasteiger partial charge in [0.1, 0.15) is 12.4 Å². The minimum Gasteiger partial charge on any atom is -0.478 e. The van der Waals surface area contributed by atoms with Crippen LogP contribution in [0.15, 0.2) is 47.4 Å².